The molecule has 2 aromatic carbocycles. The van der Waals surface area contributed by atoms with Crippen molar-refractivity contribution in [2.24, 2.45) is 0 Å². The van der Waals surface area contributed by atoms with E-state index in [9.17, 15) is 10.1 Å². The van der Waals surface area contributed by atoms with Gasteiger partial charge in [-0.1, -0.05) is 18.2 Å². The molecule has 23 heavy (non-hydrogen) atoms. The van der Waals surface area contributed by atoms with Crippen molar-refractivity contribution >= 4 is 16.5 Å². The summed E-state index contributed by atoms with van der Waals surface area (Å²) in [5.41, 5.74) is 2.61. The molecule has 0 aliphatic carbocycles. The lowest BCUT2D eigenvalue weighted by Crippen LogP contribution is -2.04. The summed E-state index contributed by atoms with van der Waals surface area (Å²) in [6.45, 7) is 3.99. The number of aryl methyl sites for hydroxylation is 1. The topological polar surface area (TPSA) is 65.3 Å². The summed E-state index contributed by atoms with van der Waals surface area (Å²) in [5, 5.41) is 13.1. The summed E-state index contributed by atoms with van der Waals surface area (Å²) in [7, 11) is 0. The van der Waals surface area contributed by atoms with Crippen molar-refractivity contribution in [1.29, 1.82) is 0 Å². The molecule has 0 radical (unpaired) electrons. The van der Waals surface area contributed by atoms with E-state index in [4.69, 9.17) is 4.74 Å². The highest BCUT2D eigenvalue weighted by Crippen LogP contribution is 2.28. The number of nitrogens with zero attached hydrogens (tertiary/aromatic N) is 2. The molecule has 0 saturated carbocycles. The molecule has 1 aromatic heterocycles. The van der Waals surface area contributed by atoms with Gasteiger partial charge in [0.1, 0.15) is 12.4 Å². The Balaban J connectivity index is 1.94. The molecule has 1 heterocycles. The zero-order chi connectivity index (χ0) is 16.4. The average Bonchev–Trinajstić information content (AvgIpc) is 2.54. The number of ether oxygens (including phenoxy) is 1. The summed E-state index contributed by atoms with van der Waals surface area (Å²) in [6.07, 6.45) is 3.51. The molecule has 5 nitrogen and oxygen atoms in total. The monoisotopic (exact) mass is 308 g/mol. The second-order valence-corrected chi connectivity index (χ2v) is 5.40. The van der Waals surface area contributed by atoms with Gasteiger partial charge in [0, 0.05) is 40.4 Å². The Kier molecular flexibility index (Phi) is 3.93. The van der Waals surface area contributed by atoms with Crippen molar-refractivity contribution in [3.05, 3.63) is 75.6 Å². The zero-order valence-corrected chi connectivity index (χ0v) is 12.9. The van der Waals surface area contributed by atoms with Crippen LogP contribution in [0.3, 0.4) is 0 Å². The van der Waals surface area contributed by atoms with Gasteiger partial charge in [0.05, 0.1) is 4.92 Å². The van der Waals surface area contributed by atoms with E-state index in [2.05, 4.69) is 4.98 Å². The smallest absolute Gasteiger partial charge is 0.272 e. The Morgan fingerprint density at radius 2 is 2.00 bits per heavy atom. The van der Waals surface area contributed by atoms with Gasteiger partial charge in [-0.05, 0) is 31.5 Å². The second-order valence-electron chi connectivity index (χ2n) is 5.40. The van der Waals surface area contributed by atoms with E-state index in [0.29, 0.717) is 12.2 Å². The molecular weight excluding hydrogens is 292 g/mol. The van der Waals surface area contributed by atoms with Crippen LogP contribution in [-0.4, -0.2) is 9.91 Å². The van der Waals surface area contributed by atoms with Gasteiger partial charge < -0.3 is 4.74 Å². The van der Waals surface area contributed by atoms with Gasteiger partial charge >= 0.3 is 0 Å². The molecule has 116 valence electrons. The molecule has 0 saturated heterocycles. The maximum absolute atomic E-state index is 11.1. The number of rotatable bonds is 4. The van der Waals surface area contributed by atoms with Gasteiger partial charge in [0.2, 0.25) is 0 Å². The molecule has 0 fully saturated rings. The lowest BCUT2D eigenvalue weighted by molar-refractivity contribution is -0.385. The van der Waals surface area contributed by atoms with E-state index in [0.717, 1.165) is 27.6 Å². The third-order valence-electron chi connectivity index (χ3n) is 4.01. The number of hydrogen-bond acceptors (Lipinski definition) is 4. The summed E-state index contributed by atoms with van der Waals surface area (Å²) >= 11 is 0. The highest BCUT2D eigenvalue weighted by atomic mass is 16.6. The summed E-state index contributed by atoms with van der Waals surface area (Å²) in [6, 6.07) is 11.0. The molecule has 5 heteroatoms. The van der Waals surface area contributed by atoms with Crippen LogP contribution in [0.5, 0.6) is 5.75 Å². The minimum Gasteiger partial charge on any atom is -0.488 e. The molecule has 0 N–H and O–H groups in total. The third kappa shape index (κ3) is 2.85. The van der Waals surface area contributed by atoms with E-state index in [1.165, 1.54) is 6.07 Å². The molecule has 0 aliphatic rings. The molecule has 0 aliphatic heterocycles. The minimum atomic E-state index is -0.359. The van der Waals surface area contributed by atoms with Crippen LogP contribution in [0.15, 0.2) is 48.8 Å². The molecule has 0 spiro atoms. The number of aromatic nitrogens is 1. The van der Waals surface area contributed by atoms with Crippen molar-refractivity contribution < 1.29 is 9.66 Å². The molecule has 3 aromatic rings. The Morgan fingerprint density at radius 3 is 2.78 bits per heavy atom. The first-order chi connectivity index (χ1) is 11.1. The SMILES string of the molecule is Cc1ccc([N+](=O)[O-])c(C)c1COc1cccc2cnccc12. The predicted molar refractivity (Wildman–Crippen MR) is 88.6 cm³/mol. The van der Waals surface area contributed by atoms with E-state index in [1.54, 1.807) is 25.4 Å². The minimum absolute atomic E-state index is 0.122. The second kappa shape index (κ2) is 6.04. The fraction of sp³-hybridized carbons (Fsp3) is 0.167. The Bertz CT molecular complexity index is 885. The van der Waals surface area contributed by atoms with Crippen LogP contribution in [0, 0.1) is 24.0 Å². The molecule has 0 unspecified atom stereocenters. The first-order valence-corrected chi connectivity index (χ1v) is 7.27. The van der Waals surface area contributed by atoms with Gasteiger partial charge in [-0.2, -0.15) is 0 Å². The fourth-order valence-corrected chi connectivity index (χ4v) is 2.67. The van der Waals surface area contributed by atoms with Crippen molar-refractivity contribution in [3.8, 4) is 5.75 Å². The Hall–Kier alpha value is -2.95. The third-order valence-corrected chi connectivity index (χ3v) is 4.01. The van der Waals surface area contributed by atoms with Crippen LogP contribution < -0.4 is 4.74 Å². The summed E-state index contributed by atoms with van der Waals surface area (Å²) < 4.78 is 5.95. The van der Waals surface area contributed by atoms with Gasteiger partial charge in [0.25, 0.3) is 5.69 Å². The first-order valence-electron chi connectivity index (χ1n) is 7.27. The molecule has 0 amide bonds. The largest absolute Gasteiger partial charge is 0.488 e. The lowest BCUT2D eigenvalue weighted by Gasteiger charge is -2.13. The maximum atomic E-state index is 11.1. The van der Waals surface area contributed by atoms with Crippen LogP contribution in [0.2, 0.25) is 0 Å². The highest BCUT2D eigenvalue weighted by Gasteiger charge is 2.16. The number of pyridine rings is 1. The highest BCUT2D eigenvalue weighted by molar-refractivity contribution is 5.87. The first kappa shape index (κ1) is 15.0. The zero-order valence-electron chi connectivity index (χ0n) is 12.9. The maximum Gasteiger partial charge on any atom is 0.272 e. The predicted octanol–water partition coefficient (Wildman–Crippen LogP) is 4.34. The Labute approximate surface area is 133 Å². The van der Waals surface area contributed by atoms with Gasteiger partial charge in [-0.25, -0.2) is 0 Å². The molecule has 0 bridgehead atoms. The number of nitro groups is 1. The van der Waals surface area contributed by atoms with E-state index in [-0.39, 0.29) is 10.6 Å². The van der Waals surface area contributed by atoms with E-state index >= 15 is 0 Å². The number of benzene rings is 2. The van der Waals surface area contributed by atoms with Gasteiger partial charge in [-0.3, -0.25) is 15.1 Å². The summed E-state index contributed by atoms with van der Waals surface area (Å²) in [5.74, 6) is 0.746. The van der Waals surface area contributed by atoms with Gasteiger partial charge in [-0.15, -0.1) is 0 Å². The Morgan fingerprint density at radius 1 is 1.17 bits per heavy atom. The van der Waals surface area contributed by atoms with Crippen molar-refractivity contribution in [3.63, 3.8) is 0 Å². The van der Waals surface area contributed by atoms with Crippen molar-refractivity contribution in [1.82, 2.24) is 4.98 Å². The molecular formula is C18H16N2O3. The lowest BCUT2D eigenvalue weighted by atomic mass is 10.0. The van der Waals surface area contributed by atoms with Gasteiger partial charge in [0.15, 0.2) is 0 Å². The van der Waals surface area contributed by atoms with Crippen LogP contribution in [0.25, 0.3) is 10.8 Å². The average molecular weight is 308 g/mol. The fourth-order valence-electron chi connectivity index (χ4n) is 2.67. The summed E-state index contributed by atoms with van der Waals surface area (Å²) in [4.78, 5) is 14.8. The normalized spacial score (nSPS) is 10.7. The van der Waals surface area contributed by atoms with Crippen LogP contribution in [0.4, 0.5) is 5.69 Å². The number of hydrogen-bond donors (Lipinski definition) is 0. The van der Waals surface area contributed by atoms with E-state index in [1.807, 2.05) is 31.2 Å². The molecule has 3 rings (SSSR count). The standard InChI is InChI=1S/C18H16N2O3/c1-12-6-7-17(20(21)22)13(2)16(12)11-23-18-5-3-4-14-10-19-9-8-15(14)18/h3-10H,11H2,1-2H3. The van der Waals surface area contributed by atoms with Crippen molar-refractivity contribution in [2.45, 2.75) is 20.5 Å². The molecule has 0 atom stereocenters. The van der Waals surface area contributed by atoms with E-state index < -0.39 is 0 Å². The van der Waals surface area contributed by atoms with Crippen LogP contribution in [-0.2, 0) is 6.61 Å². The quantitative estimate of drug-likeness (QED) is 0.531. The number of fused-ring (bicyclic) bond motifs is 1. The van der Waals surface area contributed by atoms with Crippen molar-refractivity contribution in [2.75, 3.05) is 0 Å². The number of nitro benzene ring substituents is 1. The van der Waals surface area contributed by atoms with Crippen LogP contribution in [0.1, 0.15) is 16.7 Å². The van der Waals surface area contributed by atoms with Crippen LogP contribution >= 0.6 is 0 Å².